The number of ketones is 1. The molecule has 20 heavy (non-hydrogen) atoms. The topological polar surface area (TPSA) is 74.6 Å². The summed E-state index contributed by atoms with van der Waals surface area (Å²) < 4.78 is 0. The van der Waals surface area contributed by atoms with Crippen LogP contribution in [0.4, 0.5) is 0 Å². The molecule has 0 aromatic heterocycles. The Bertz CT molecular complexity index is 283. The number of carbonyl (C=O) groups excluding carboxylic acids is 1. The van der Waals surface area contributed by atoms with E-state index >= 15 is 0 Å². The molecule has 5 heteroatoms. The second-order valence-electron chi connectivity index (χ2n) is 5.38. The molecule has 0 fully saturated rings. The number of unbranched alkanes of at least 4 members (excludes halogenated alkanes) is 8. The Morgan fingerprint density at radius 3 is 1.75 bits per heavy atom. The second kappa shape index (κ2) is 12.8. The van der Waals surface area contributed by atoms with Crippen molar-refractivity contribution in [1.29, 1.82) is 0 Å². The van der Waals surface area contributed by atoms with Crippen LogP contribution in [0.3, 0.4) is 0 Å². The molecule has 0 bridgehead atoms. The van der Waals surface area contributed by atoms with Crippen LogP contribution in [0.25, 0.3) is 0 Å². The van der Waals surface area contributed by atoms with Crippen LogP contribution in [0.5, 0.6) is 0 Å². The standard InChI is InChI=1S/C15H28O4.Na.H/c1-3-4-5-6-7-8-9-10-11-12-13(16)15(2,19)14(17)18;;/h19H,3-12H2,1-2H3,(H,17,18);;/q;+1;-1. The monoisotopic (exact) mass is 296 g/mol. The first-order valence-corrected chi connectivity index (χ1v) is 7.42. The van der Waals surface area contributed by atoms with E-state index in [2.05, 4.69) is 6.92 Å². The van der Waals surface area contributed by atoms with Crippen molar-refractivity contribution in [2.45, 2.75) is 83.7 Å². The zero-order valence-corrected chi connectivity index (χ0v) is 15.3. The Kier molecular flexibility index (Phi) is 14.3. The van der Waals surface area contributed by atoms with E-state index in [1.807, 2.05) is 0 Å². The van der Waals surface area contributed by atoms with E-state index in [1.54, 1.807) is 0 Å². The van der Waals surface area contributed by atoms with Crippen LogP contribution in [0.2, 0.25) is 0 Å². The molecular weight excluding hydrogens is 267 g/mol. The number of hydrogen-bond donors (Lipinski definition) is 2. The number of rotatable bonds is 12. The predicted molar refractivity (Wildman–Crippen MR) is 76.2 cm³/mol. The van der Waals surface area contributed by atoms with Crippen LogP contribution < -0.4 is 29.6 Å². The first-order valence-electron chi connectivity index (χ1n) is 7.42. The largest absolute Gasteiger partial charge is 1.00 e. The van der Waals surface area contributed by atoms with Gasteiger partial charge < -0.3 is 11.6 Å². The minimum atomic E-state index is -2.22. The van der Waals surface area contributed by atoms with Gasteiger partial charge in [-0.3, -0.25) is 4.79 Å². The van der Waals surface area contributed by atoms with E-state index in [9.17, 15) is 14.7 Å². The number of carboxylic acids is 1. The van der Waals surface area contributed by atoms with Gasteiger partial charge >= 0.3 is 35.5 Å². The summed E-state index contributed by atoms with van der Waals surface area (Å²) in [6.07, 6.45) is 10.4. The first-order chi connectivity index (χ1) is 8.92. The molecule has 0 aromatic rings. The maximum Gasteiger partial charge on any atom is 1.00 e. The van der Waals surface area contributed by atoms with Crippen LogP contribution in [0.15, 0.2) is 0 Å². The maximum absolute atomic E-state index is 11.5. The van der Waals surface area contributed by atoms with Crippen molar-refractivity contribution in [3.8, 4) is 0 Å². The molecule has 0 aromatic carbocycles. The molecule has 0 radical (unpaired) electrons. The molecule has 0 rings (SSSR count). The maximum atomic E-state index is 11.5. The Morgan fingerprint density at radius 2 is 1.35 bits per heavy atom. The van der Waals surface area contributed by atoms with Crippen LogP contribution in [0.1, 0.15) is 79.5 Å². The molecule has 0 aliphatic carbocycles. The van der Waals surface area contributed by atoms with Gasteiger partial charge in [0.25, 0.3) is 0 Å². The van der Waals surface area contributed by atoms with Crippen LogP contribution >= 0.6 is 0 Å². The van der Waals surface area contributed by atoms with Gasteiger partial charge in [-0.1, -0.05) is 58.3 Å². The van der Waals surface area contributed by atoms with Gasteiger partial charge in [0.1, 0.15) is 0 Å². The van der Waals surface area contributed by atoms with Crippen molar-refractivity contribution < 1.29 is 50.8 Å². The third kappa shape index (κ3) is 9.92. The van der Waals surface area contributed by atoms with Crippen molar-refractivity contribution in [1.82, 2.24) is 0 Å². The van der Waals surface area contributed by atoms with Crippen molar-refractivity contribution in [3.63, 3.8) is 0 Å². The van der Waals surface area contributed by atoms with Crippen molar-refractivity contribution in [2.24, 2.45) is 0 Å². The molecule has 0 aliphatic heterocycles. The minimum Gasteiger partial charge on any atom is -1.00 e. The average molecular weight is 296 g/mol. The smallest absolute Gasteiger partial charge is 1.00 e. The summed E-state index contributed by atoms with van der Waals surface area (Å²) in [4.78, 5) is 22.1. The summed E-state index contributed by atoms with van der Waals surface area (Å²) in [6.45, 7) is 3.24. The molecule has 1 unspecified atom stereocenters. The molecule has 0 amide bonds. The van der Waals surface area contributed by atoms with Gasteiger partial charge in [-0.05, 0) is 13.3 Å². The number of hydrogen-bond acceptors (Lipinski definition) is 3. The van der Waals surface area contributed by atoms with E-state index in [1.165, 1.54) is 38.5 Å². The van der Waals surface area contributed by atoms with E-state index in [4.69, 9.17) is 5.11 Å². The predicted octanol–water partition coefficient (Wildman–Crippen LogP) is 0.429. The number of carbonyl (C=O) groups is 2. The number of Topliss-reactive ketones (excluding diaryl/α,β-unsaturated/α-hetero) is 1. The molecule has 0 saturated heterocycles. The van der Waals surface area contributed by atoms with E-state index in [0.717, 1.165) is 19.8 Å². The van der Waals surface area contributed by atoms with Gasteiger partial charge in [0.05, 0.1) is 0 Å². The first kappa shape index (κ1) is 22.4. The number of aliphatic carboxylic acids is 1. The summed E-state index contributed by atoms with van der Waals surface area (Å²) >= 11 is 0. The van der Waals surface area contributed by atoms with Crippen molar-refractivity contribution >= 4 is 11.8 Å². The zero-order valence-electron chi connectivity index (χ0n) is 14.3. The zero-order chi connectivity index (χ0) is 14.7. The van der Waals surface area contributed by atoms with E-state index in [0.29, 0.717) is 6.42 Å². The summed E-state index contributed by atoms with van der Waals surface area (Å²) in [5.74, 6) is -2.06. The fraction of sp³-hybridized carbons (Fsp3) is 0.867. The van der Waals surface area contributed by atoms with E-state index in [-0.39, 0.29) is 37.4 Å². The normalized spacial score (nSPS) is 13.3. The molecule has 0 spiro atoms. The Hall–Kier alpha value is 0.100. The second-order valence-corrected chi connectivity index (χ2v) is 5.38. The fourth-order valence-corrected chi connectivity index (χ4v) is 1.96. The number of aliphatic hydroxyl groups is 1. The molecule has 2 N–H and O–H groups in total. The van der Waals surface area contributed by atoms with Gasteiger partial charge in [-0.25, -0.2) is 4.79 Å². The van der Waals surface area contributed by atoms with Crippen molar-refractivity contribution in [2.75, 3.05) is 0 Å². The van der Waals surface area contributed by atoms with Gasteiger partial charge in [0.2, 0.25) is 5.60 Å². The van der Waals surface area contributed by atoms with E-state index < -0.39 is 17.4 Å². The summed E-state index contributed by atoms with van der Waals surface area (Å²) in [7, 11) is 0. The fourth-order valence-electron chi connectivity index (χ4n) is 1.96. The third-order valence-electron chi connectivity index (χ3n) is 3.47. The molecular formula is C15H29NaO4. The minimum absolute atomic E-state index is 0. The molecule has 4 nitrogen and oxygen atoms in total. The Balaban J connectivity index is -0.00000162. The van der Waals surface area contributed by atoms with Crippen molar-refractivity contribution in [3.05, 3.63) is 0 Å². The van der Waals surface area contributed by atoms with Gasteiger partial charge in [0.15, 0.2) is 5.78 Å². The van der Waals surface area contributed by atoms with Crippen LogP contribution in [0, 0.1) is 0 Å². The molecule has 1 atom stereocenters. The molecule has 0 saturated carbocycles. The van der Waals surface area contributed by atoms with Gasteiger partial charge in [-0.2, -0.15) is 0 Å². The molecule has 114 valence electrons. The third-order valence-corrected chi connectivity index (χ3v) is 3.47. The average Bonchev–Trinajstić information content (AvgIpc) is 2.36. The number of carboxylic acid groups (broad SMARTS) is 1. The van der Waals surface area contributed by atoms with Crippen LogP contribution in [-0.4, -0.2) is 27.6 Å². The molecule has 0 aliphatic rings. The van der Waals surface area contributed by atoms with Gasteiger partial charge in [-0.15, -0.1) is 0 Å². The Labute approximate surface area is 146 Å². The summed E-state index contributed by atoms with van der Waals surface area (Å²) in [6, 6.07) is 0. The summed E-state index contributed by atoms with van der Waals surface area (Å²) in [5.41, 5.74) is -2.22. The molecule has 0 heterocycles. The SMILES string of the molecule is CCCCCCCCCCCC(=O)C(C)(O)C(=O)O.[H-].[Na+]. The summed E-state index contributed by atoms with van der Waals surface area (Å²) in [5, 5.41) is 18.1. The van der Waals surface area contributed by atoms with Crippen LogP contribution in [-0.2, 0) is 9.59 Å². The Morgan fingerprint density at radius 1 is 0.950 bits per heavy atom. The van der Waals surface area contributed by atoms with Gasteiger partial charge in [0, 0.05) is 6.42 Å². The quantitative estimate of drug-likeness (QED) is 0.311.